The van der Waals surface area contributed by atoms with Gasteiger partial charge in [0.1, 0.15) is 0 Å². The molecule has 0 saturated carbocycles. The van der Waals surface area contributed by atoms with Crippen LogP contribution in [0.4, 0.5) is 0 Å². The molecule has 0 bridgehead atoms. The lowest BCUT2D eigenvalue weighted by atomic mass is 9.90. The molecular formula is C17H36N2. The summed E-state index contributed by atoms with van der Waals surface area (Å²) >= 11 is 0. The zero-order chi connectivity index (χ0) is 14.4. The lowest BCUT2D eigenvalue weighted by Crippen LogP contribution is -2.60. The van der Waals surface area contributed by atoms with E-state index in [-0.39, 0.29) is 0 Å². The van der Waals surface area contributed by atoms with Gasteiger partial charge in [-0.2, -0.15) is 0 Å². The minimum Gasteiger partial charge on any atom is -0.311 e. The molecule has 1 fully saturated rings. The first-order valence-electron chi connectivity index (χ1n) is 8.50. The minimum absolute atomic E-state index is 0.689. The van der Waals surface area contributed by atoms with E-state index in [1.54, 1.807) is 0 Å². The maximum absolute atomic E-state index is 3.80. The Kier molecular flexibility index (Phi) is 7.38. The second-order valence-corrected chi connectivity index (χ2v) is 6.85. The molecule has 0 aromatic rings. The fourth-order valence-electron chi connectivity index (χ4n) is 3.27. The van der Waals surface area contributed by atoms with Crippen LogP contribution in [-0.4, -0.2) is 36.6 Å². The number of hydrogen-bond acceptors (Lipinski definition) is 2. The average Bonchev–Trinajstić information content (AvgIpc) is 2.43. The molecule has 0 aliphatic carbocycles. The molecule has 1 aliphatic heterocycles. The molecule has 0 amide bonds. The van der Waals surface area contributed by atoms with Gasteiger partial charge >= 0.3 is 0 Å². The van der Waals surface area contributed by atoms with E-state index in [0.29, 0.717) is 6.04 Å². The Morgan fingerprint density at radius 2 is 1.68 bits per heavy atom. The van der Waals surface area contributed by atoms with Gasteiger partial charge in [-0.1, -0.05) is 60.8 Å². The molecule has 1 N–H and O–H groups in total. The van der Waals surface area contributed by atoms with Crippen molar-refractivity contribution in [1.29, 1.82) is 0 Å². The molecule has 1 aliphatic rings. The summed E-state index contributed by atoms with van der Waals surface area (Å²) in [5.41, 5.74) is 0. The molecule has 1 rings (SSSR count). The number of nitrogens with zero attached hydrogens (tertiary/aromatic N) is 1. The van der Waals surface area contributed by atoms with Crippen LogP contribution in [0.2, 0.25) is 0 Å². The van der Waals surface area contributed by atoms with E-state index in [2.05, 4.69) is 51.8 Å². The summed E-state index contributed by atoms with van der Waals surface area (Å²) in [5.74, 6) is 2.41. The van der Waals surface area contributed by atoms with E-state index < -0.39 is 0 Å². The van der Waals surface area contributed by atoms with Crippen LogP contribution in [0.25, 0.3) is 0 Å². The quantitative estimate of drug-likeness (QED) is 0.756. The third kappa shape index (κ3) is 4.75. The van der Waals surface area contributed by atoms with E-state index in [0.717, 1.165) is 23.8 Å². The first-order chi connectivity index (χ1) is 9.03. The molecule has 1 saturated heterocycles. The molecule has 114 valence electrons. The van der Waals surface area contributed by atoms with Gasteiger partial charge in [0.05, 0.1) is 0 Å². The lowest BCUT2D eigenvalue weighted by Gasteiger charge is -2.45. The van der Waals surface area contributed by atoms with Crippen molar-refractivity contribution in [3.05, 3.63) is 0 Å². The maximum atomic E-state index is 3.80. The highest BCUT2D eigenvalue weighted by atomic mass is 15.2. The molecule has 0 spiro atoms. The molecule has 3 atom stereocenters. The highest BCUT2D eigenvalue weighted by Crippen LogP contribution is 2.22. The first kappa shape index (κ1) is 17.0. The van der Waals surface area contributed by atoms with Gasteiger partial charge in [-0.3, -0.25) is 4.90 Å². The van der Waals surface area contributed by atoms with Crippen molar-refractivity contribution < 1.29 is 0 Å². The van der Waals surface area contributed by atoms with Crippen molar-refractivity contribution in [3.8, 4) is 0 Å². The summed E-state index contributed by atoms with van der Waals surface area (Å²) in [6, 6.07) is 1.41. The van der Waals surface area contributed by atoms with Gasteiger partial charge in [-0.05, 0) is 17.8 Å². The molecule has 3 unspecified atom stereocenters. The normalized spacial score (nSPS) is 27.2. The standard InChI is InChI=1S/C17H36N2/c1-7-14(6)16-12-19(11-15(8-2)9-3)17(10-18-16)13(4)5/h13-18H,7-12H2,1-6H3. The van der Waals surface area contributed by atoms with Crippen LogP contribution in [0, 0.1) is 17.8 Å². The second-order valence-electron chi connectivity index (χ2n) is 6.85. The Morgan fingerprint density at radius 3 is 2.16 bits per heavy atom. The van der Waals surface area contributed by atoms with Crippen LogP contribution in [0.3, 0.4) is 0 Å². The Hall–Kier alpha value is -0.0800. The highest BCUT2D eigenvalue weighted by Gasteiger charge is 2.32. The topological polar surface area (TPSA) is 15.3 Å². The van der Waals surface area contributed by atoms with Crippen LogP contribution in [0.1, 0.15) is 60.8 Å². The van der Waals surface area contributed by atoms with E-state index in [9.17, 15) is 0 Å². The molecule has 19 heavy (non-hydrogen) atoms. The fraction of sp³-hybridized carbons (Fsp3) is 1.00. The largest absolute Gasteiger partial charge is 0.311 e. The van der Waals surface area contributed by atoms with Crippen LogP contribution in [0.15, 0.2) is 0 Å². The van der Waals surface area contributed by atoms with Crippen LogP contribution < -0.4 is 5.32 Å². The van der Waals surface area contributed by atoms with Gasteiger partial charge in [0.25, 0.3) is 0 Å². The lowest BCUT2D eigenvalue weighted by molar-refractivity contribution is 0.0657. The van der Waals surface area contributed by atoms with E-state index in [1.807, 2.05) is 0 Å². The number of nitrogens with one attached hydrogen (secondary N) is 1. The molecule has 0 radical (unpaired) electrons. The van der Waals surface area contributed by atoms with E-state index >= 15 is 0 Å². The fourth-order valence-corrected chi connectivity index (χ4v) is 3.27. The SMILES string of the molecule is CCC(CC)CN1CC(C(C)CC)NCC1C(C)C. The van der Waals surface area contributed by atoms with Gasteiger partial charge in [-0.15, -0.1) is 0 Å². The smallest absolute Gasteiger partial charge is 0.0244 e. The summed E-state index contributed by atoms with van der Waals surface area (Å²) in [6.07, 6.45) is 3.92. The molecule has 2 nitrogen and oxygen atoms in total. The predicted molar refractivity (Wildman–Crippen MR) is 85.5 cm³/mol. The van der Waals surface area contributed by atoms with Gasteiger partial charge < -0.3 is 5.32 Å². The molecule has 2 heteroatoms. The number of rotatable bonds is 7. The minimum atomic E-state index is 0.689. The monoisotopic (exact) mass is 268 g/mol. The molecular weight excluding hydrogens is 232 g/mol. The second kappa shape index (κ2) is 8.26. The average molecular weight is 268 g/mol. The van der Waals surface area contributed by atoms with Gasteiger partial charge in [0.15, 0.2) is 0 Å². The Balaban J connectivity index is 2.67. The van der Waals surface area contributed by atoms with Crippen molar-refractivity contribution in [2.75, 3.05) is 19.6 Å². The van der Waals surface area contributed by atoms with Gasteiger partial charge in [-0.25, -0.2) is 0 Å². The van der Waals surface area contributed by atoms with Crippen LogP contribution >= 0.6 is 0 Å². The maximum Gasteiger partial charge on any atom is 0.0244 e. The zero-order valence-corrected chi connectivity index (χ0v) is 14.1. The van der Waals surface area contributed by atoms with Crippen molar-refractivity contribution >= 4 is 0 Å². The van der Waals surface area contributed by atoms with Crippen molar-refractivity contribution in [3.63, 3.8) is 0 Å². The summed E-state index contributed by atoms with van der Waals surface area (Å²) in [6.45, 7) is 17.8. The van der Waals surface area contributed by atoms with Gasteiger partial charge in [0.2, 0.25) is 0 Å². The summed E-state index contributed by atoms with van der Waals surface area (Å²) in [5, 5.41) is 3.80. The molecule has 1 heterocycles. The van der Waals surface area contributed by atoms with Crippen LogP contribution in [0.5, 0.6) is 0 Å². The molecule has 0 aromatic heterocycles. The van der Waals surface area contributed by atoms with Crippen molar-refractivity contribution in [2.24, 2.45) is 17.8 Å². The Morgan fingerprint density at radius 1 is 1.05 bits per heavy atom. The molecule has 0 aromatic carbocycles. The third-order valence-corrected chi connectivity index (χ3v) is 5.24. The zero-order valence-electron chi connectivity index (χ0n) is 14.1. The summed E-state index contributed by atoms with van der Waals surface area (Å²) < 4.78 is 0. The first-order valence-corrected chi connectivity index (χ1v) is 8.50. The Bertz CT molecular complexity index is 235. The summed E-state index contributed by atoms with van der Waals surface area (Å²) in [7, 11) is 0. The number of hydrogen-bond donors (Lipinski definition) is 1. The van der Waals surface area contributed by atoms with Crippen LogP contribution in [-0.2, 0) is 0 Å². The predicted octanol–water partition coefficient (Wildman–Crippen LogP) is 3.77. The van der Waals surface area contributed by atoms with Gasteiger partial charge in [0, 0.05) is 31.7 Å². The summed E-state index contributed by atoms with van der Waals surface area (Å²) in [4.78, 5) is 2.79. The Labute approximate surface area is 121 Å². The van der Waals surface area contributed by atoms with Crippen molar-refractivity contribution in [1.82, 2.24) is 10.2 Å². The highest BCUT2D eigenvalue weighted by molar-refractivity contribution is 4.90. The van der Waals surface area contributed by atoms with Crippen molar-refractivity contribution in [2.45, 2.75) is 72.9 Å². The number of piperazine rings is 1. The third-order valence-electron chi connectivity index (χ3n) is 5.24. The van der Waals surface area contributed by atoms with E-state index in [1.165, 1.54) is 38.9 Å². The van der Waals surface area contributed by atoms with E-state index in [4.69, 9.17) is 0 Å².